The Morgan fingerprint density at radius 2 is 1.97 bits per heavy atom. The van der Waals surface area contributed by atoms with Crippen molar-refractivity contribution in [2.24, 2.45) is 0 Å². The molecule has 2 aliphatic heterocycles. The summed E-state index contributed by atoms with van der Waals surface area (Å²) in [6, 6.07) is 13.5. The summed E-state index contributed by atoms with van der Waals surface area (Å²) in [7, 11) is 0. The van der Waals surface area contributed by atoms with Crippen LogP contribution in [-0.2, 0) is 19.5 Å². The first-order valence-electron chi connectivity index (χ1n) is 10.8. The molecule has 1 fully saturated rings. The van der Waals surface area contributed by atoms with Crippen molar-refractivity contribution < 1.29 is 4.79 Å². The molecular formula is C23H32N4OS. The van der Waals surface area contributed by atoms with Crippen molar-refractivity contribution in [3.8, 4) is 0 Å². The van der Waals surface area contributed by atoms with Crippen LogP contribution in [0.25, 0.3) is 0 Å². The van der Waals surface area contributed by atoms with E-state index >= 15 is 0 Å². The molecule has 5 nitrogen and oxygen atoms in total. The maximum atomic E-state index is 12.4. The first kappa shape index (κ1) is 20.4. The van der Waals surface area contributed by atoms with E-state index in [1.807, 2.05) is 11.3 Å². The van der Waals surface area contributed by atoms with E-state index in [0.29, 0.717) is 12.6 Å². The Balaban J connectivity index is 1.14. The zero-order valence-corrected chi connectivity index (χ0v) is 18.1. The predicted molar refractivity (Wildman–Crippen MR) is 119 cm³/mol. The van der Waals surface area contributed by atoms with Gasteiger partial charge in [-0.15, -0.1) is 11.3 Å². The molecule has 6 heteroatoms. The zero-order valence-electron chi connectivity index (χ0n) is 17.3. The van der Waals surface area contributed by atoms with Crippen molar-refractivity contribution in [1.29, 1.82) is 0 Å². The van der Waals surface area contributed by atoms with Crippen molar-refractivity contribution in [3.63, 3.8) is 0 Å². The molecule has 1 atom stereocenters. The lowest BCUT2D eigenvalue weighted by atomic mass is 10.0. The number of hydrogen-bond acceptors (Lipinski definition) is 4. The van der Waals surface area contributed by atoms with Gasteiger partial charge in [0.25, 0.3) is 0 Å². The normalized spacial score (nSPS) is 19.5. The largest absolute Gasteiger partial charge is 0.337 e. The number of nitrogens with zero attached hydrogens (tertiary/aromatic N) is 2. The third kappa shape index (κ3) is 5.59. The molecule has 0 radical (unpaired) electrons. The number of benzene rings is 1. The van der Waals surface area contributed by atoms with Gasteiger partial charge < -0.3 is 10.6 Å². The second-order valence-corrected chi connectivity index (χ2v) is 9.33. The summed E-state index contributed by atoms with van der Waals surface area (Å²) in [6.45, 7) is 8.05. The number of piperidine rings is 1. The molecule has 2 aromatic rings. The van der Waals surface area contributed by atoms with Crippen molar-refractivity contribution in [1.82, 2.24) is 20.4 Å². The summed E-state index contributed by atoms with van der Waals surface area (Å²) >= 11 is 1.87. The van der Waals surface area contributed by atoms with Crippen LogP contribution in [0.3, 0.4) is 0 Å². The number of rotatable bonds is 6. The Kier molecular flexibility index (Phi) is 6.85. The van der Waals surface area contributed by atoms with E-state index in [9.17, 15) is 4.79 Å². The van der Waals surface area contributed by atoms with Crippen molar-refractivity contribution in [2.45, 2.75) is 51.4 Å². The summed E-state index contributed by atoms with van der Waals surface area (Å²) in [4.78, 5) is 18.8. The van der Waals surface area contributed by atoms with Crippen LogP contribution in [0, 0.1) is 0 Å². The van der Waals surface area contributed by atoms with Crippen LogP contribution in [-0.4, -0.2) is 54.1 Å². The van der Waals surface area contributed by atoms with Gasteiger partial charge in [0.2, 0.25) is 0 Å². The smallest absolute Gasteiger partial charge is 0.315 e. The number of hydrogen-bond donors (Lipinski definition) is 2. The molecule has 156 valence electrons. The summed E-state index contributed by atoms with van der Waals surface area (Å²) in [5, 5.41) is 8.46. The molecule has 2 amide bonds. The standard InChI is InChI=1S/C23H32N4OS/c1-18(27-13-9-22-20(17-27)10-14-29-22)15-24-23(28)25-21-7-11-26(12-8-21)16-19-5-3-2-4-6-19/h2-6,10,14,18,21H,7-9,11-13,15-17H2,1H3,(H2,24,25,28)/t18-/m1/s1. The van der Waals surface area contributed by atoms with Gasteiger partial charge in [0.1, 0.15) is 0 Å². The molecule has 4 rings (SSSR count). The van der Waals surface area contributed by atoms with Crippen LogP contribution in [0.15, 0.2) is 41.8 Å². The van der Waals surface area contributed by atoms with Crippen molar-refractivity contribution in [2.75, 3.05) is 26.2 Å². The fourth-order valence-corrected chi connectivity index (χ4v) is 5.22. The van der Waals surface area contributed by atoms with Gasteiger partial charge in [-0.2, -0.15) is 0 Å². The number of nitrogens with one attached hydrogen (secondary N) is 2. The second kappa shape index (κ2) is 9.74. The molecule has 2 N–H and O–H groups in total. The first-order valence-corrected chi connectivity index (χ1v) is 11.7. The number of carbonyl (C=O) groups is 1. The quantitative estimate of drug-likeness (QED) is 0.764. The van der Waals surface area contributed by atoms with Gasteiger partial charge >= 0.3 is 6.03 Å². The lowest BCUT2D eigenvalue weighted by Gasteiger charge is -2.34. The molecule has 1 aromatic heterocycles. The van der Waals surface area contributed by atoms with Crippen LogP contribution in [0.2, 0.25) is 0 Å². The fraction of sp³-hybridized carbons (Fsp3) is 0.522. The minimum atomic E-state index is -0.0217. The average Bonchev–Trinajstić information content (AvgIpc) is 3.22. The summed E-state index contributed by atoms with van der Waals surface area (Å²) in [5.74, 6) is 0. The van der Waals surface area contributed by atoms with Gasteiger partial charge in [0.05, 0.1) is 0 Å². The summed E-state index contributed by atoms with van der Waals surface area (Å²) in [6.07, 6.45) is 3.16. The first-order chi connectivity index (χ1) is 14.2. The van der Waals surface area contributed by atoms with Crippen LogP contribution >= 0.6 is 11.3 Å². The Morgan fingerprint density at radius 3 is 2.76 bits per heavy atom. The number of thiophene rings is 1. The minimum Gasteiger partial charge on any atom is -0.337 e. The average molecular weight is 413 g/mol. The Hall–Kier alpha value is -1.89. The lowest BCUT2D eigenvalue weighted by Crippen LogP contribution is -2.50. The maximum Gasteiger partial charge on any atom is 0.315 e. The number of fused-ring (bicyclic) bond motifs is 1. The summed E-state index contributed by atoms with van der Waals surface area (Å²) < 4.78 is 0. The molecule has 0 unspecified atom stereocenters. The van der Waals surface area contributed by atoms with Crippen molar-refractivity contribution >= 4 is 17.4 Å². The van der Waals surface area contributed by atoms with Crippen LogP contribution in [0.4, 0.5) is 4.79 Å². The van der Waals surface area contributed by atoms with E-state index < -0.39 is 0 Å². The highest BCUT2D eigenvalue weighted by molar-refractivity contribution is 7.10. The predicted octanol–water partition coefficient (Wildman–Crippen LogP) is 3.46. The van der Waals surface area contributed by atoms with Crippen LogP contribution in [0.5, 0.6) is 0 Å². The maximum absolute atomic E-state index is 12.4. The molecule has 0 bridgehead atoms. The van der Waals surface area contributed by atoms with Gasteiger partial charge in [-0.3, -0.25) is 9.80 Å². The second-order valence-electron chi connectivity index (χ2n) is 8.33. The Bertz CT molecular complexity index is 785. The summed E-state index contributed by atoms with van der Waals surface area (Å²) in [5.41, 5.74) is 2.82. The molecule has 2 aliphatic rings. The van der Waals surface area contributed by atoms with E-state index in [0.717, 1.165) is 52.0 Å². The molecular weight excluding hydrogens is 380 g/mol. The van der Waals surface area contributed by atoms with E-state index in [1.54, 1.807) is 0 Å². The molecule has 0 aliphatic carbocycles. The third-order valence-corrected chi connectivity index (χ3v) is 7.21. The number of amides is 2. The number of urea groups is 1. The van der Waals surface area contributed by atoms with Gasteiger partial charge in [0.15, 0.2) is 0 Å². The molecule has 29 heavy (non-hydrogen) atoms. The topological polar surface area (TPSA) is 47.6 Å². The third-order valence-electron chi connectivity index (χ3n) is 6.19. The van der Waals surface area contributed by atoms with Gasteiger partial charge in [0, 0.05) is 56.2 Å². The SMILES string of the molecule is C[C@H](CNC(=O)NC1CCN(Cc2ccccc2)CC1)N1CCc2sccc2C1. The van der Waals surface area contributed by atoms with Crippen LogP contribution < -0.4 is 10.6 Å². The van der Waals surface area contributed by atoms with E-state index in [4.69, 9.17) is 0 Å². The van der Waals surface area contributed by atoms with Crippen molar-refractivity contribution in [3.05, 3.63) is 57.8 Å². The zero-order chi connectivity index (χ0) is 20.1. The minimum absolute atomic E-state index is 0.0217. The molecule has 0 spiro atoms. The fourth-order valence-electron chi connectivity index (χ4n) is 4.33. The van der Waals surface area contributed by atoms with E-state index in [2.05, 4.69) is 69.1 Å². The van der Waals surface area contributed by atoms with E-state index in [-0.39, 0.29) is 12.1 Å². The van der Waals surface area contributed by atoms with E-state index in [1.165, 1.54) is 16.0 Å². The lowest BCUT2D eigenvalue weighted by molar-refractivity contribution is 0.177. The molecule has 0 saturated carbocycles. The monoisotopic (exact) mass is 412 g/mol. The number of likely N-dealkylation sites (tertiary alicyclic amines) is 1. The Labute approximate surface area is 178 Å². The highest BCUT2D eigenvalue weighted by Crippen LogP contribution is 2.25. The van der Waals surface area contributed by atoms with Gasteiger partial charge in [-0.1, -0.05) is 30.3 Å². The highest BCUT2D eigenvalue weighted by atomic mass is 32.1. The Morgan fingerprint density at radius 1 is 1.17 bits per heavy atom. The molecule has 1 saturated heterocycles. The van der Waals surface area contributed by atoms with Crippen LogP contribution in [0.1, 0.15) is 35.8 Å². The number of carbonyl (C=O) groups excluding carboxylic acids is 1. The highest BCUT2D eigenvalue weighted by Gasteiger charge is 2.23. The molecule has 3 heterocycles. The van der Waals surface area contributed by atoms with Gasteiger partial charge in [-0.05, 0) is 48.8 Å². The molecule has 1 aromatic carbocycles. The van der Waals surface area contributed by atoms with Gasteiger partial charge in [-0.25, -0.2) is 4.79 Å².